The van der Waals surface area contributed by atoms with Gasteiger partial charge in [-0.15, -0.1) is 0 Å². The number of sulfone groups is 1. The second-order valence-corrected chi connectivity index (χ2v) is 9.29. The number of nitrogens with zero attached hydrogens (tertiary/aromatic N) is 1. The van der Waals surface area contributed by atoms with Crippen molar-refractivity contribution >= 4 is 15.7 Å². The van der Waals surface area contributed by atoms with Crippen molar-refractivity contribution in [2.45, 2.75) is 23.8 Å². The van der Waals surface area contributed by atoms with E-state index in [1.165, 1.54) is 17.4 Å². The summed E-state index contributed by atoms with van der Waals surface area (Å²) < 4.78 is 48.5. The number of benzene rings is 2. The summed E-state index contributed by atoms with van der Waals surface area (Å²) in [5.74, 6) is 2.58. The number of nitrogens with one attached hydrogen (secondary N) is 2. The minimum absolute atomic E-state index is 0.108. The van der Waals surface area contributed by atoms with Crippen LogP contribution < -0.4 is 10.9 Å². The summed E-state index contributed by atoms with van der Waals surface area (Å²) in [4.78, 5) is 30.1. The number of H-pyrrole nitrogens is 1. The third-order valence-electron chi connectivity index (χ3n) is 4.78. The highest BCUT2D eigenvalue weighted by atomic mass is 32.2. The van der Waals surface area contributed by atoms with Gasteiger partial charge in [0.15, 0.2) is 9.84 Å². The molecule has 3 N–H and O–H groups in total. The molecule has 1 heterocycles. The molecule has 34 heavy (non-hydrogen) atoms. The zero-order valence-electron chi connectivity index (χ0n) is 17.7. The van der Waals surface area contributed by atoms with Crippen molar-refractivity contribution in [2.75, 3.05) is 6.26 Å². The minimum Gasteiger partial charge on any atom is -0.502 e. The average molecular weight is 487 g/mol. The Labute approximate surface area is 193 Å². The van der Waals surface area contributed by atoms with Gasteiger partial charge in [0.1, 0.15) is 5.69 Å². The highest BCUT2D eigenvalue weighted by Gasteiger charge is 2.28. The van der Waals surface area contributed by atoms with E-state index in [4.69, 9.17) is 0 Å². The molecule has 11 heteroatoms. The van der Waals surface area contributed by atoms with Crippen LogP contribution in [0.3, 0.4) is 0 Å². The Balaban J connectivity index is 1.81. The van der Waals surface area contributed by atoms with Gasteiger partial charge in [-0.3, -0.25) is 14.9 Å². The zero-order valence-corrected chi connectivity index (χ0v) is 18.6. The molecule has 2 aromatic carbocycles. The normalized spacial score (nSPS) is 12.0. The molecule has 0 saturated carbocycles. The second-order valence-electron chi connectivity index (χ2n) is 7.27. The molecule has 0 radical (unpaired) electrons. The quantitative estimate of drug-likeness (QED) is 0.360. The van der Waals surface area contributed by atoms with Crippen LogP contribution in [0.25, 0.3) is 0 Å². The van der Waals surface area contributed by atoms with E-state index in [-0.39, 0.29) is 17.0 Å². The van der Waals surface area contributed by atoms with Gasteiger partial charge in [0.25, 0.3) is 5.56 Å². The number of carbonyl (C=O) groups excluding carboxylic acids is 1. The minimum atomic E-state index is -3.30. The fourth-order valence-corrected chi connectivity index (χ4v) is 3.70. The summed E-state index contributed by atoms with van der Waals surface area (Å²) in [5, 5.41) is 11.5. The van der Waals surface area contributed by atoms with E-state index in [2.05, 4.69) is 21.8 Å². The zero-order chi connectivity index (χ0) is 24.9. The topological polar surface area (TPSA) is 129 Å². The number of alkyl halides is 2. The summed E-state index contributed by atoms with van der Waals surface area (Å²) in [7, 11) is -3.30. The summed E-state index contributed by atoms with van der Waals surface area (Å²) in [6.45, 7) is -3.12. The van der Waals surface area contributed by atoms with Crippen molar-refractivity contribution in [1.82, 2.24) is 15.3 Å². The van der Waals surface area contributed by atoms with Crippen LogP contribution in [-0.4, -0.2) is 42.2 Å². The van der Waals surface area contributed by atoms with Crippen LogP contribution >= 0.6 is 0 Å². The molecule has 0 aliphatic carbocycles. The molecule has 1 atom stereocenters. The monoisotopic (exact) mass is 487 g/mol. The maximum Gasteiger partial charge on any atom is 0.315 e. The molecule has 3 rings (SSSR count). The third-order valence-corrected chi connectivity index (χ3v) is 5.91. The predicted octanol–water partition coefficient (Wildman–Crippen LogP) is 1.94. The molecule has 0 spiro atoms. The molecule has 0 saturated heterocycles. The Morgan fingerprint density at radius 1 is 1.09 bits per heavy atom. The number of hydrogen-bond acceptors (Lipinski definition) is 6. The average Bonchev–Trinajstić information content (AvgIpc) is 2.78. The number of aromatic amines is 1. The van der Waals surface area contributed by atoms with Crippen molar-refractivity contribution in [3.63, 3.8) is 0 Å². The first kappa shape index (κ1) is 24.6. The van der Waals surface area contributed by atoms with Crippen molar-refractivity contribution in [3.8, 4) is 17.6 Å². The van der Waals surface area contributed by atoms with E-state index in [1.54, 1.807) is 36.4 Å². The maximum atomic E-state index is 12.7. The van der Waals surface area contributed by atoms with Crippen LogP contribution in [-0.2, 0) is 21.1 Å². The number of amides is 1. The van der Waals surface area contributed by atoms with Gasteiger partial charge < -0.3 is 10.1 Å². The number of halogens is 2. The first-order chi connectivity index (χ1) is 16.0. The Kier molecular flexibility index (Phi) is 7.43. The molecule has 1 amide bonds. The van der Waals surface area contributed by atoms with E-state index in [0.29, 0.717) is 16.7 Å². The Hall–Kier alpha value is -4.04. The lowest BCUT2D eigenvalue weighted by Crippen LogP contribution is -2.35. The first-order valence-corrected chi connectivity index (χ1v) is 11.7. The van der Waals surface area contributed by atoms with Crippen LogP contribution in [0.5, 0.6) is 5.75 Å². The number of rotatable bonds is 6. The lowest BCUT2D eigenvalue weighted by molar-refractivity contribution is -0.126. The highest BCUT2D eigenvalue weighted by Crippen LogP contribution is 2.25. The van der Waals surface area contributed by atoms with Gasteiger partial charge in [0.05, 0.1) is 17.1 Å². The predicted molar refractivity (Wildman–Crippen MR) is 119 cm³/mol. The standard InChI is InChI=1S/C23H19F2N3O5S/c1-34(32,33)17-10-8-15(9-11-17)3-2-14-4-6-16(7-5-14)12-18(21(30)28-23(24)25)19-20(29)22(31)27-13-26-19/h4-11,13,18,23,29H,12H2,1H3,(H,28,30)(H,26,27,31). The molecule has 0 aliphatic heterocycles. The molecule has 1 unspecified atom stereocenters. The van der Waals surface area contributed by atoms with Gasteiger partial charge in [0, 0.05) is 17.4 Å². The molecule has 176 valence electrons. The summed E-state index contributed by atoms with van der Waals surface area (Å²) >= 11 is 0. The van der Waals surface area contributed by atoms with Crippen LogP contribution in [0.2, 0.25) is 0 Å². The number of aromatic nitrogens is 2. The molecule has 3 aromatic rings. The molecule has 0 bridgehead atoms. The van der Waals surface area contributed by atoms with Crippen LogP contribution in [0.15, 0.2) is 64.5 Å². The van der Waals surface area contributed by atoms with Crippen molar-refractivity contribution < 1.29 is 27.1 Å². The van der Waals surface area contributed by atoms with Gasteiger partial charge in [-0.25, -0.2) is 13.4 Å². The molecule has 0 fully saturated rings. The Morgan fingerprint density at radius 3 is 2.18 bits per heavy atom. The summed E-state index contributed by atoms with van der Waals surface area (Å²) in [5.41, 5.74) is 0.565. The maximum absolute atomic E-state index is 12.7. The van der Waals surface area contributed by atoms with Gasteiger partial charge in [-0.2, -0.15) is 8.78 Å². The largest absolute Gasteiger partial charge is 0.502 e. The van der Waals surface area contributed by atoms with Gasteiger partial charge >= 0.3 is 6.55 Å². The van der Waals surface area contributed by atoms with Gasteiger partial charge in [-0.1, -0.05) is 24.0 Å². The first-order valence-electron chi connectivity index (χ1n) is 9.81. The van der Waals surface area contributed by atoms with E-state index < -0.39 is 39.5 Å². The number of carbonyl (C=O) groups is 1. The lowest BCUT2D eigenvalue weighted by atomic mass is 9.94. The molecular formula is C23H19F2N3O5S. The Bertz CT molecular complexity index is 1410. The van der Waals surface area contributed by atoms with Crippen molar-refractivity contribution in [1.29, 1.82) is 0 Å². The molecular weight excluding hydrogens is 468 g/mol. The van der Waals surface area contributed by atoms with Gasteiger partial charge in [0.2, 0.25) is 11.7 Å². The summed E-state index contributed by atoms with van der Waals surface area (Å²) in [6.07, 6.45) is 1.98. The lowest BCUT2D eigenvalue weighted by Gasteiger charge is -2.17. The third kappa shape index (κ3) is 6.26. The van der Waals surface area contributed by atoms with E-state index in [9.17, 15) is 31.9 Å². The molecule has 0 aliphatic rings. The second kappa shape index (κ2) is 10.3. The highest BCUT2D eigenvalue weighted by molar-refractivity contribution is 7.90. The SMILES string of the molecule is CS(=O)(=O)c1ccc(C#Cc2ccc(CC(C(=O)NC(F)F)c3nc[nH]c(=O)c3O)cc2)cc1. The van der Waals surface area contributed by atoms with Crippen LogP contribution in [0.1, 0.15) is 28.3 Å². The van der Waals surface area contributed by atoms with Gasteiger partial charge in [-0.05, 0) is 48.4 Å². The van der Waals surface area contributed by atoms with E-state index in [0.717, 1.165) is 12.6 Å². The molecule has 1 aromatic heterocycles. The number of aromatic hydroxyl groups is 1. The fraction of sp³-hybridized carbons (Fsp3) is 0.174. The van der Waals surface area contributed by atoms with Crippen LogP contribution in [0, 0.1) is 11.8 Å². The van der Waals surface area contributed by atoms with Crippen LogP contribution in [0.4, 0.5) is 8.78 Å². The Morgan fingerprint density at radius 2 is 1.65 bits per heavy atom. The van der Waals surface area contributed by atoms with E-state index >= 15 is 0 Å². The fourth-order valence-electron chi connectivity index (χ4n) is 3.07. The molecule has 8 nitrogen and oxygen atoms in total. The summed E-state index contributed by atoms with van der Waals surface area (Å²) in [6, 6.07) is 12.7. The number of hydrogen-bond donors (Lipinski definition) is 3. The van der Waals surface area contributed by atoms with Crippen molar-refractivity contribution in [3.05, 3.63) is 87.6 Å². The van der Waals surface area contributed by atoms with Crippen molar-refractivity contribution in [2.24, 2.45) is 0 Å². The smallest absolute Gasteiger partial charge is 0.315 e. The van der Waals surface area contributed by atoms with E-state index in [1.807, 2.05) is 0 Å².